The molecule has 0 radical (unpaired) electrons. The summed E-state index contributed by atoms with van der Waals surface area (Å²) in [7, 11) is 0. The van der Waals surface area contributed by atoms with E-state index in [4.69, 9.17) is 10.7 Å². The van der Waals surface area contributed by atoms with Gasteiger partial charge in [0.15, 0.2) is 5.69 Å². The summed E-state index contributed by atoms with van der Waals surface area (Å²) < 4.78 is 2.96. The highest BCUT2D eigenvalue weighted by Crippen LogP contribution is 2.22. The second kappa shape index (κ2) is 11.6. The van der Waals surface area contributed by atoms with Crippen molar-refractivity contribution in [2.24, 2.45) is 0 Å². The van der Waals surface area contributed by atoms with Gasteiger partial charge in [0.25, 0.3) is 11.5 Å². The first-order chi connectivity index (χ1) is 19.9. The Labute approximate surface area is 235 Å². The van der Waals surface area contributed by atoms with Gasteiger partial charge >= 0.3 is 0 Å². The Bertz CT molecular complexity index is 1910. The number of aromatic nitrogens is 4. The maximum absolute atomic E-state index is 14.1. The van der Waals surface area contributed by atoms with Crippen molar-refractivity contribution in [3.8, 4) is 17.5 Å². The van der Waals surface area contributed by atoms with Crippen LogP contribution >= 0.6 is 0 Å². The summed E-state index contributed by atoms with van der Waals surface area (Å²) >= 11 is 0. The molecule has 0 unspecified atom stereocenters. The number of carbonyl (C=O) groups excluding carboxylic acids is 2. The lowest BCUT2D eigenvalue weighted by Gasteiger charge is -2.20. The van der Waals surface area contributed by atoms with E-state index in [9.17, 15) is 14.4 Å². The number of nitrogens with one attached hydrogen (secondary N) is 2. The molecular formula is C31H27N7O3. The molecule has 0 aliphatic heterocycles. The fourth-order valence-corrected chi connectivity index (χ4v) is 4.53. The first-order valence-corrected chi connectivity index (χ1v) is 12.9. The Morgan fingerprint density at radius 2 is 1.93 bits per heavy atom. The Morgan fingerprint density at radius 1 is 1.12 bits per heavy atom. The van der Waals surface area contributed by atoms with Crippen LogP contribution in [0.1, 0.15) is 41.3 Å². The van der Waals surface area contributed by atoms with Gasteiger partial charge in [-0.25, -0.2) is 9.50 Å². The summed E-state index contributed by atoms with van der Waals surface area (Å²) in [6.07, 6.45) is 3.16. The van der Waals surface area contributed by atoms with E-state index in [0.29, 0.717) is 46.5 Å². The van der Waals surface area contributed by atoms with Crippen LogP contribution in [0.5, 0.6) is 0 Å². The Morgan fingerprint density at radius 3 is 2.71 bits per heavy atom. The summed E-state index contributed by atoms with van der Waals surface area (Å²) in [5, 5.41) is 10.2. The van der Waals surface area contributed by atoms with Crippen LogP contribution in [-0.4, -0.2) is 37.5 Å². The maximum Gasteiger partial charge on any atom is 0.272 e. The summed E-state index contributed by atoms with van der Waals surface area (Å²) in [5.74, 6) is 5.67. The molecule has 0 spiro atoms. The van der Waals surface area contributed by atoms with Crippen molar-refractivity contribution < 1.29 is 9.59 Å². The topological polar surface area (TPSA) is 136 Å². The summed E-state index contributed by atoms with van der Waals surface area (Å²) in [6.45, 7) is 5.53. The number of hydrogen-bond acceptors (Lipinski definition) is 6. The largest absolute Gasteiger partial charge is 0.397 e. The number of amides is 2. The quantitative estimate of drug-likeness (QED) is 0.163. The first-order valence-electron chi connectivity index (χ1n) is 12.9. The van der Waals surface area contributed by atoms with E-state index >= 15 is 0 Å². The molecule has 0 aliphatic rings. The standard InChI is InChI=1S/C31H27N7O3/c1-3-26(39)33-17-8-7-11-21-12-9-16-25-27(21)31(41)37(22-13-5-4-6-14-22)29(36-25)20(2)35-30(40)28-24(32)19-23-15-10-18-34-38(23)28/h3-6,9-10,12-16,18-20H,1,8,17,32H2,2H3,(H,33,39)(H,35,40)/t20-/m0/s1. The van der Waals surface area contributed by atoms with Gasteiger partial charge in [0.05, 0.1) is 33.8 Å². The molecule has 5 aromatic rings. The van der Waals surface area contributed by atoms with Gasteiger partial charge in [-0.2, -0.15) is 5.10 Å². The molecule has 3 aromatic heterocycles. The Hall–Kier alpha value is -5.69. The highest BCUT2D eigenvalue weighted by atomic mass is 16.2. The predicted molar refractivity (Wildman–Crippen MR) is 158 cm³/mol. The number of nitrogens with two attached hydrogens (primary N) is 1. The summed E-state index contributed by atoms with van der Waals surface area (Å²) in [5.41, 5.74) is 8.55. The van der Waals surface area contributed by atoms with E-state index < -0.39 is 11.9 Å². The Kier molecular flexibility index (Phi) is 7.60. The zero-order valence-corrected chi connectivity index (χ0v) is 22.3. The number of hydrogen-bond donors (Lipinski definition) is 3. The molecule has 0 aliphatic carbocycles. The smallest absolute Gasteiger partial charge is 0.272 e. The number of fused-ring (bicyclic) bond motifs is 2. The second-order valence-electron chi connectivity index (χ2n) is 9.20. The lowest BCUT2D eigenvalue weighted by Crippen LogP contribution is -2.34. The van der Waals surface area contributed by atoms with Crippen molar-refractivity contribution >= 4 is 33.9 Å². The predicted octanol–water partition coefficient (Wildman–Crippen LogP) is 3.15. The first kappa shape index (κ1) is 26.9. The average molecular weight is 546 g/mol. The third-order valence-corrected chi connectivity index (χ3v) is 6.41. The molecule has 2 amide bonds. The van der Waals surface area contributed by atoms with Crippen molar-refractivity contribution in [2.75, 3.05) is 12.3 Å². The molecule has 10 heteroatoms. The van der Waals surface area contributed by atoms with Crippen LogP contribution in [0.15, 0.2) is 90.4 Å². The van der Waals surface area contributed by atoms with Crippen molar-refractivity contribution in [2.45, 2.75) is 19.4 Å². The van der Waals surface area contributed by atoms with Crippen LogP contribution in [0.25, 0.3) is 22.1 Å². The minimum atomic E-state index is -0.684. The molecule has 0 saturated heterocycles. The van der Waals surface area contributed by atoms with Crippen LogP contribution < -0.4 is 21.9 Å². The van der Waals surface area contributed by atoms with Gasteiger partial charge in [-0.1, -0.05) is 42.7 Å². The molecular weight excluding hydrogens is 518 g/mol. The van der Waals surface area contributed by atoms with E-state index in [-0.39, 0.29) is 22.8 Å². The highest BCUT2D eigenvalue weighted by Gasteiger charge is 2.24. The van der Waals surface area contributed by atoms with Gasteiger partial charge in [-0.05, 0) is 55.5 Å². The van der Waals surface area contributed by atoms with Crippen LogP contribution in [0.2, 0.25) is 0 Å². The van der Waals surface area contributed by atoms with Crippen molar-refractivity contribution in [3.05, 3.63) is 113 Å². The number of rotatable bonds is 7. The lowest BCUT2D eigenvalue weighted by molar-refractivity contribution is -0.116. The minimum absolute atomic E-state index is 0.198. The fraction of sp³-hybridized carbons (Fsp3) is 0.129. The molecule has 0 fully saturated rings. The van der Waals surface area contributed by atoms with Crippen molar-refractivity contribution in [1.82, 2.24) is 29.8 Å². The molecule has 1 atom stereocenters. The van der Waals surface area contributed by atoms with E-state index in [0.717, 1.165) is 0 Å². The number of nitrogens with zero attached hydrogens (tertiary/aromatic N) is 4. The second-order valence-corrected chi connectivity index (χ2v) is 9.20. The number of nitrogen functional groups attached to an aromatic ring is 1. The van der Waals surface area contributed by atoms with Gasteiger partial charge in [-0.15, -0.1) is 0 Å². The zero-order chi connectivity index (χ0) is 28.9. The molecule has 0 bridgehead atoms. The summed E-state index contributed by atoms with van der Waals surface area (Å²) in [6, 6.07) is 18.9. The summed E-state index contributed by atoms with van der Waals surface area (Å²) in [4.78, 5) is 43.7. The molecule has 204 valence electrons. The van der Waals surface area contributed by atoms with E-state index in [1.807, 2.05) is 18.2 Å². The third-order valence-electron chi connectivity index (χ3n) is 6.41. The third kappa shape index (κ3) is 5.42. The Balaban J connectivity index is 1.56. The monoisotopic (exact) mass is 545 g/mol. The van der Waals surface area contributed by atoms with Crippen LogP contribution in [-0.2, 0) is 4.79 Å². The van der Waals surface area contributed by atoms with Crippen LogP contribution in [0.4, 0.5) is 5.69 Å². The van der Waals surface area contributed by atoms with E-state index in [1.54, 1.807) is 61.7 Å². The fourth-order valence-electron chi connectivity index (χ4n) is 4.53. The molecule has 5 rings (SSSR count). The van der Waals surface area contributed by atoms with Gasteiger partial charge in [0.1, 0.15) is 5.82 Å². The van der Waals surface area contributed by atoms with Gasteiger partial charge in [0.2, 0.25) is 5.91 Å². The van der Waals surface area contributed by atoms with E-state index in [2.05, 4.69) is 34.2 Å². The van der Waals surface area contributed by atoms with Crippen LogP contribution in [0.3, 0.4) is 0 Å². The van der Waals surface area contributed by atoms with Gasteiger partial charge in [0, 0.05) is 24.7 Å². The maximum atomic E-state index is 14.1. The van der Waals surface area contributed by atoms with Gasteiger partial charge in [-0.3, -0.25) is 19.0 Å². The number of para-hydroxylation sites is 1. The van der Waals surface area contributed by atoms with Crippen LogP contribution in [0, 0.1) is 11.8 Å². The number of carbonyl (C=O) groups is 2. The van der Waals surface area contributed by atoms with Gasteiger partial charge < -0.3 is 16.4 Å². The number of anilines is 1. The lowest BCUT2D eigenvalue weighted by atomic mass is 10.1. The van der Waals surface area contributed by atoms with Crippen molar-refractivity contribution in [3.63, 3.8) is 0 Å². The molecule has 4 N–H and O–H groups in total. The SMILES string of the molecule is C=CC(=O)NCCC#Cc1cccc2nc([C@H](C)NC(=O)c3c(N)cc4cccnn34)n(-c3ccccc3)c(=O)c12. The minimum Gasteiger partial charge on any atom is -0.397 e. The molecule has 3 heterocycles. The number of benzene rings is 2. The van der Waals surface area contributed by atoms with Crippen molar-refractivity contribution in [1.29, 1.82) is 0 Å². The van der Waals surface area contributed by atoms with E-state index in [1.165, 1.54) is 15.2 Å². The molecule has 41 heavy (non-hydrogen) atoms. The molecule has 10 nitrogen and oxygen atoms in total. The highest BCUT2D eigenvalue weighted by molar-refractivity contribution is 5.99. The average Bonchev–Trinajstić information content (AvgIpc) is 3.32. The molecule has 2 aromatic carbocycles. The zero-order valence-electron chi connectivity index (χ0n) is 22.3. The normalized spacial score (nSPS) is 11.4. The molecule has 0 saturated carbocycles.